The van der Waals surface area contributed by atoms with Crippen LogP contribution in [0.1, 0.15) is 17.3 Å². The molecule has 1 saturated heterocycles. The topological polar surface area (TPSA) is 86.9 Å². The minimum Gasteiger partial charge on any atom is -0.462 e. The third-order valence-electron chi connectivity index (χ3n) is 3.58. The van der Waals surface area contributed by atoms with E-state index in [0.717, 1.165) is 0 Å². The van der Waals surface area contributed by atoms with Crippen LogP contribution in [0.4, 0.5) is 11.5 Å². The maximum absolute atomic E-state index is 11.9. The Bertz CT molecular complexity index is 497. The molecule has 21 heavy (non-hydrogen) atoms. The van der Waals surface area contributed by atoms with Crippen LogP contribution in [0.25, 0.3) is 0 Å². The highest BCUT2D eigenvalue weighted by Gasteiger charge is 2.35. The minimum atomic E-state index is -0.440. The molecule has 0 bridgehead atoms. The van der Waals surface area contributed by atoms with Crippen LogP contribution in [0.5, 0.6) is 0 Å². The first-order chi connectivity index (χ1) is 10.1. The predicted octanol–water partition coefficient (Wildman–Crippen LogP) is 0.691. The molecule has 0 aromatic carbocycles. The van der Waals surface area contributed by atoms with E-state index in [1.807, 2.05) is 4.90 Å². The number of nitrogens with two attached hydrogens (primary N) is 1. The van der Waals surface area contributed by atoms with Gasteiger partial charge in [-0.2, -0.15) is 0 Å². The summed E-state index contributed by atoms with van der Waals surface area (Å²) in [5.74, 6) is 0.117. The van der Waals surface area contributed by atoms with Crippen molar-refractivity contribution in [1.82, 2.24) is 4.98 Å². The summed E-state index contributed by atoms with van der Waals surface area (Å²) in [5, 5.41) is 0. The number of ether oxygens (including phenoxy) is 3. The van der Waals surface area contributed by atoms with E-state index < -0.39 is 5.97 Å². The van der Waals surface area contributed by atoms with Gasteiger partial charge in [0.05, 0.1) is 17.9 Å². The maximum atomic E-state index is 11.9. The number of methoxy groups -OCH3 is 2. The highest BCUT2D eigenvalue weighted by Crippen LogP contribution is 2.29. The number of nitrogens with zero attached hydrogens (tertiary/aromatic N) is 2. The Labute approximate surface area is 124 Å². The van der Waals surface area contributed by atoms with Crippen molar-refractivity contribution in [3.05, 3.63) is 17.8 Å². The van der Waals surface area contributed by atoms with Crippen LogP contribution in [0.3, 0.4) is 0 Å². The zero-order valence-electron chi connectivity index (χ0n) is 12.5. The van der Waals surface area contributed by atoms with Gasteiger partial charge in [0, 0.05) is 33.5 Å². The Kier molecular flexibility index (Phi) is 4.98. The number of aromatic nitrogens is 1. The standard InChI is InChI=1S/C14H21N3O4/c1-4-21-14(18)9-5-6-16-13(12(9)15)17-7-10(19-2)11(8-17)20-3/h5-6,10-11H,4,7-8,15H2,1-3H3. The average molecular weight is 295 g/mol. The molecule has 0 saturated carbocycles. The Morgan fingerprint density at radius 2 is 2.00 bits per heavy atom. The number of hydrogen-bond donors (Lipinski definition) is 1. The molecule has 1 fully saturated rings. The third-order valence-corrected chi connectivity index (χ3v) is 3.58. The summed E-state index contributed by atoms with van der Waals surface area (Å²) < 4.78 is 15.8. The molecule has 2 rings (SSSR count). The summed E-state index contributed by atoms with van der Waals surface area (Å²) in [7, 11) is 3.29. The third kappa shape index (κ3) is 3.08. The van der Waals surface area contributed by atoms with Gasteiger partial charge in [-0.05, 0) is 13.0 Å². The number of anilines is 2. The Balaban J connectivity index is 2.25. The molecular weight excluding hydrogens is 274 g/mol. The van der Waals surface area contributed by atoms with Crippen molar-refractivity contribution >= 4 is 17.5 Å². The lowest BCUT2D eigenvalue weighted by atomic mass is 10.2. The first-order valence-electron chi connectivity index (χ1n) is 6.84. The zero-order valence-corrected chi connectivity index (χ0v) is 12.5. The number of rotatable bonds is 5. The van der Waals surface area contributed by atoms with Crippen molar-refractivity contribution in [3.8, 4) is 0 Å². The average Bonchev–Trinajstić information content (AvgIpc) is 2.90. The molecule has 0 radical (unpaired) electrons. The monoisotopic (exact) mass is 295 g/mol. The first-order valence-corrected chi connectivity index (χ1v) is 6.84. The van der Waals surface area contributed by atoms with E-state index in [-0.39, 0.29) is 12.2 Å². The fourth-order valence-corrected chi connectivity index (χ4v) is 2.47. The summed E-state index contributed by atoms with van der Waals surface area (Å²) >= 11 is 0. The Hall–Kier alpha value is -1.86. The second-order valence-electron chi connectivity index (χ2n) is 4.77. The summed E-state index contributed by atoms with van der Waals surface area (Å²) in [4.78, 5) is 18.1. The molecule has 1 aliphatic rings. The van der Waals surface area contributed by atoms with Crippen molar-refractivity contribution in [1.29, 1.82) is 0 Å². The SMILES string of the molecule is CCOC(=O)c1ccnc(N2CC(OC)C(OC)C2)c1N. The quantitative estimate of drug-likeness (QED) is 0.800. The number of esters is 1. The van der Waals surface area contributed by atoms with Gasteiger partial charge in [0.15, 0.2) is 5.82 Å². The molecule has 2 atom stereocenters. The predicted molar refractivity (Wildman–Crippen MR) is 78.4 cm³/mol. The molecule has 116 valence electrons. The van der Waals surface area contributed by atoms with E-state index in [1.165, 1.54) is 0 Å². The van der Waals surface area contributed by atoms with E-state index in [1.54, 1.807) is 33.4 Å². The molecule has 1 aliphatic heterocycles. The highest BCUT2D eigenvalue weighted by molar-refractivity contribution is 5.97. The molecule has 7 heteroatoms. The molecular formula is C14H21N3O4. The van der Waals surface area contributed by atoms with Gasteiger partial charge in [0.25, 0.3) is 0 Å². The first kappa shape index (κ1) is 15.5. The maximum Gasteiger partial charge on any atom is 0.340 e. The summed E-state index contributed by atoms with van der Waals surface area (Å²) in [6.07, 6.45) is 1.45. The van der Waals surface area contributed by atoms with Gasteiger partial charge < -0.3 is 24.8 Å². The number of nitrogen functional groups attached to an aromatic ring is 1. The van der Waals surface area contributed by atoms with Gasteiger partial charge in [0.1, 0.15) is 12.2 Å². The number of carbonyl (C=O) groups is 1. The van der Waals surface area contributed by atoms with Crippen LogP contribution in [0, 0.1) is 0 Å². The second kappa shape index (κ2) is 6.73. The zero-order chi connectivity index (χ0) is 15.4. The normalized spacial score (nSPS) is 21.6. The number of carbonyl (C=O) groups excluding carboxylic acids is 1. The largest absolute Gasteiger partial charge is 0.462 e. The molecule has 1 aromatic heterocycles. The van der Waals surface area contributed by atoms with Crippen LogP contribution < -0.4 is 10.6 Å². The summed E-state index contributed by atoms with van der Waals surface area (Å²) in [6, 6.07) is 1.56. The fourth-order valence-electron chi connectivity index (χ4n) is 2.47. The van der Waals surface area contributed by atoms with Crippen molar-refractivity contribution < 1.29 is 19.0 Å². The van der Waals surface area contributed by atoms with Crippen LogP contribution in [-0.2, 0) is 14.2 Å². The number of hydrogen-bond acceptors (Lipinski definition) is 7. The lowest BCUT2D eigenvalue weighted by Crippen LogP contribution is -2.27. The van der Waals surface area contributed by atoms with Gasteiger partial charge in [-0.1, -0.05) is 0 Å². The molecule has 7 nitrogen and oxygen atoms in total. The van der Waals surface area contributed by atoms with E-state index in [0.29, 0.717) is 36.8 Å². The van der Waals surface area contributed by atoms with Gasteiger partial charge in [-0.3, -0.25) is 0 Å². The molecule has 2 heterocycles. The van der Waals surface area contributed by atoms with Crippen LogP contribution >= 0.6 is 0 Å². The van der Waals surface area contributed by atoms with Crippen molar-refractivity contribution in [3.63, 3.8) is 0 Å². The molecule has 0 amide bonds. The summed E-state index contributed by atoms with van der Waals surface area (Å²) in [5.41, 5.74) is 6.73. The molecule has 0 aliphatic carbocycles. The molecule has 0 spiro atoms. The van der Waals surface area contributed by atoms with E-state index in [4.69, 9.17) is 19.9 Å². The molecule has 1 aromatic rings. The van der Waals surface area contributed by atoms with Crippen molar-refractivity contribution in [2.24, 2.45) is 0 Å². The Morgan fingerprint density at radius 1 is 1.38 bits per heavy atom. The summed E-state index contributed by atoms with van der Waals surface area (Å²) in [6.45, 7) is 3.27. The van der Waals surface area contributed by atoms with E-state index in [2.05, 4.69) is 4.98 Å². The minimum absolute atomic E-state index is 0.0533. The van der Waals surface area contributed by atoms with Crippen LogP contribution in [0.2, 0.25) is 0 Å². The van der Waals surface area contributed by atoms with Gasteiger partial charge in [-0.15, -0.1) is 0 Å². The van der Waals surface area contributed by atoms with Crippen LogP contribution in [-0.4, -0.2) is 57.1 Å². The van der Waals surface area contributed by atoms with Gasteiger partial charge in [0.2, 0.25) is 0 Å². The van der Waals surface area contributed by atoms with Crippen molar-refractivity contribution in [2.45, 2.75) is 19.1 Å². The molecule has 2 unspecified atom stereocenters. The molecule has 2 N–H and O–H groups in total. The van der Waals surface area contributed by atoms with Crippen LogP contribution in [0.15, 0.2) is 12.3 Å². The van der Waals surface area contributed by atoms with Gasteiger partial charge in [-0.25, -0.2) is 9.78 Å². The fraction of sp³-hybridized carbons (Fsp3) is 0.571. The van der Waals surface area contributed by atoms with Gasteiger partial charge >= 0.3 is 5.97 Å². The lowest BCUT2D eigenvalue weighted by Gasteiger charge is -2.19. The Morgan fingerprint density at radius 3 is 2.52 bits per heavy atom. The van der Waals surface area contributed by atoms with Crippen molar-refractivity contribution in [2.75, 3.05) is 44.5 Å². The second-order valence-corrected chi connectivity index (χ2v) is 4.77. The van der Waals surface area contributed by atoms with E-state index >= 15 is 0 Å². The smallest absolute Gasteiger partial charge is 0.340 e. The van der Waals surface area contributed by atoms with E-state index in [9.17, 15) is 4.79 Å². The highest BCUT2D eigenvalue weighted by atomic mass is 16.5. The number of pyridine rings is 1. The lowest BCUT2D eigenvalue weighted by molar-refractivity contribution is -0.00461.